The topological polar surface area (TPSA) is 39.1 Å². The molecule has 1 aliphatic carbocycles. The van der Waals surface area contributed by atoms with Crippen molar-refractivity contribution >= 4 is 0 Å². The zero-order valence-corrected chi connectivity index (χ0v) is 12.6. The van der Waals surface area contributed by atoms with Gasteiger partial charge < -0.3 is 10.1 Å². The number of ether oxygens (including phenoxy) is 1. The number of halogens is 1. The van der Waals surface area contributed by atoms with Crippen LogP contribution >= 0.6 is 0 Å². The van der Waals surface area contributed by atoms with Crippen molar-refractivity contribution in [1.82, 2.24) is 15.1 Å². The SMILES string of the molecule is Cc1cc(Oc2c(CNC3CC3)c(C)nn2C)ccc1F. The van der Waals surface area contributed by atoms with Crippen LogP contribution in [0.3, 0.4) is 0 Å². The first-order valence-corrected chi connectivity index (χ1v) is 7.24. The van der Waals surface area contributed by atoms with Crippen molar-refractivity contribution in [2.75, 3.05) is 0 Å². The smallest absolute Gasteiger partial charge is 0.222 e. The average molecular weight is 289 g/mol. The Balaban J connectivity index is 1.84. The molecule has 0 spiro atoms. The van der Waals surface area contributed by atoms with Gasteiger partial charge in [-0.1, -0.05) is 0 Å². The lowest BCUT2D eigenvalue weighted by Gasteiger charge is -2.10. The maximum atomic E-state index is 13.3. The van der Waals surface area contributed by atoms with Crippen molar-refractivity contribution in [1.29, 1.82) is 0 Å². The zero-order chi connectivity index (χ0) is 15.0. The second-order valence-electron chi connectivity index (χ2n) is 5.66. The summed E-state index contributed by atoms with van der Waals surface area (Å²) in [5.41, 5.74) is 2.59. The molecule has 1 fully saturated rings. The molecular formula is C16H20FN3O. The highest BCUT2D eigenvalue weighted by Gasteiger charge is 2.23. The minimum Gasteiger partial charge on any atom is -0.439 e. The lowest BCUT2D eigenvalue weighted by atomic mass is 10.2. The molecule has 2 aromatic rings. The normalized spacial score (nSPS) is 14.5. The fraction of sp³-hybridized carbons (Fsp3) is 0.438. The molecule has 1 N–H and O–H groups in total. The number of aromatic nitrogens is 2. The quantitative estimate of drug-likeness (QED) is 0.918. The predicted molar refractivity (Wildman–Crippen MR) is 79.0 cm³/mol. The molecule has 0 amide bonds. The molecule has 1 aromatic heterocycles. The summed E-state index contributed by atoms with van der Waals surface area (Å²) in [6.07, 6.45) is 2.49. The van der Waals surface area contributed by atoms with E-state index in [-0.39, 0.29) is 5.82 Å². The van der Waals surface area contributed by atoms with E-state index in [1.807, 2.05) is 14.0 Å². The minimum atomic E-state index is -0.223. The minimum absolute atomic E-state index is 0.223. The predicted octanol–water partition coefficient (Wildman–Crippen LogP) is 3.22. The fourth-order valence-electron chi connectivity index (χ4n) is 2.34. The molecule has 1 saturated carbocycles. The van der Waals surface area contributed by atoms with E-state index < -0.39 is 0 Å². The van der Waals surface area contributed by atoms with E-state index in [1.165, 1.54) is 18.9 Å². The molecule has 0 unspecified atom stereocenters. The van der Waals surface area contributed by atoms with Crippen molar-refractivity contribution in [2.24, 2.45) is 7.05 Å². The third kappa shape index (κ3) is 3.08. The van der Waals surface area contributed by atoms with Gasteiger partial charge in [0.2, 0.25) is 5.88 Å². The monoisotopic (exact) mass is 289 g/mol. The van der Waals surface area contributed by atoms with Crippen molar-refractivity contribution in [3.05, 3.63) is 40.8 Å². The van der Waals surface area contributed by atoms with Gasteiger partial charge in [0.25, 0.3) is 0 Å². The van der Waals surface area contributed by atoms with Crippen LogP contribution in [0, 0.1) is 19.7 Å². The van der Waals surface area contributed by atoms with Gasteiger partial charge in [-0.2, -0.15) is 5.10 Å². The van der Waals surface area contributed by atoms with Gasteiger partial charge in [0.1, 0.15) is 11.6 Å². The fourth-order valence-corrected chi connectivity index (χ4v) is 2.34. The number of hydrogen-bond donors (Lipinski definition) is 1. The molecule has 1 aromatic carbocycles. The van der Waals surface area contributed by atoms with Crippen LogP contribution in [0.25, 0.3) is 0 Å². The van der Waals surface area contributed by atoms with E-state index in [0.29, 0.717) is 23.2 Å². The van der Waals surface area contributed by atoms with E-state index in [4.69, 9.17) is 4.74 Å². The van der Waals surface area contributed by atoms with Crippen LogP contribution in [0.5, 0.6) is 11.6 Å². The third-order valence-electron chi connectivity index (χ3n) is 3.78. The van der Waals surface area contributed by atoms with Gasteiger partial charge in [0.15, 0.2) is 0 Å². The molecule has 5 heteroatoms. The Morgan fingerprint density at radius 1 is 1.38 bits per heavy atom. The molecule has 21 heavy (non-hydrogen) atoms. The Morgan fingerprint density at radius 3 is 2.81 bits per heavy atom. The lowest BCUT2D eigenvalue weighted by molar-refractivity contribution is 0.422. The highest BCUT2D eigenvalue weighted by atomic mass is 19.1. The van der Waals surface area contributed by atoms with Crippen LogP contribution in [0.15, 0.2) is 18.2 Å². The second-order valence-corrected chi connectivity index (χ2v) is 5.66. The Labute approximate surface area is 123 Å². The van der Waals surface area contributed by atoms with Gasteiger partial charge >= 0.3 is 0 Å². The first kappa shape index (κ1) is 14.1. The number of benzene rings is 1. The van der Waals surface area contributed by atoms with Crippen molar-refractivity contribution < 1.29 is 9.13 Å². The van der Waals surface area contributed by atoms with Crippen molar-refractivity contribution in [3.8, 4) is 11.6 Å². The Kier molecular flexibility index (Phi) is 3.68. The molecule has 0 aliphatic heterocycles. The first-order valence-electron chi connectivity index (χ1n) is 7.24. The van der Waals surface area contributed by atoms with Crippen LogP contribution in [0.2, 0.25) is 0 Å². The van der Waals surface area contributed by atoms with E-state index in [2.05, 4.69) is 10.4 Å². The summed E-state index contributed by atoms with van der Waals surface area (Å²) in [7, 11) is 1.86. The van der Waals surface area contributed by atoms with Gasteiger partial charge in [-0.3, -0.25) is 0 Å². The molecule has 0 saturated heterocycles. The van der Waals surface area contributed by atoms with Gasteiger partial charge in [0.05, 0.1) is 11.3 Å². The lowest BCUT2D eigenvalue weighted by Crippen LogP contribution is -2.16. The molecule has 1 heterocycles. The highest BCUT2D eigenvalue weighted by molar-refractivity contribution is 5.37. The second kappa shape index (κ2) is 5.48. The average Bonchev–Trinajstić information content (AvgIpc) is 3.21. The van der Waals surface area contributed by atoms with E-state index in [1.54, 1.807) is 23.7 Å². The third-order valence-corrected chi connectivity index (χ3v) is 3.78. The number of hydrogen-bond acceptors (Lipinski definition) is 3. The number of aryl methyl sites for hydroxylation is 3. The number of nitrogens with one attached hydrogen (secondary N) is 1. The zero-order valence-electron chi connectivity index (χ0n) is 12.6. The van der Waals surface area contributed by atoms with Crippen molar-refractivity contribution in [2.45, 2.75) is 39.3 Å². The van der Waals surface area contributed by atoms with Gasteiger partial charge in [-0.15, -0.1) is 0 Å². The summed E-state index contributed by atoms with van der Waals surface area (Å²) in [4.78, 5) is 0. The summed E-state index contributed by atoms with van der Waals surface area (Å²) >= 11 is 0. The van der Waals surface area contributed by atoms with Crippen LogP contribution in [0.1, 0.15) is 29.7 Å². The summed E-state index contributed by atoms with van der Waals surface area (Å²) in [6, 6.07) is 5.40. The molecule has 4 nitrogen and oxygen atoms in total. The van der Waals surface area contributed by atoms with E-state index >= 15 is 0 Å². The summed E-state index contributed by atoms with van der Waals surface area (Å²) in [5.74, 6) is 1.12. The number of rotatable bonds is 5. The molecule has 0 atom stereocenters. The van der Waals surface area contributed by atoms with Crippen LogP contribution < -0.4 is 10.1 Å². The largest absolute Gasteiger partial charge is 0.439 e. The first-order chi connectivity index (χ1) is 10.0. The number of nitrogens with zero attached hydrogens (tertiary/aromatic N) is 2. The van der Waals surface area contributed by atoms with E-state index in [0.717, 1.165) is 17.8 Å². The molecular weight excluding hydrogens is 269 g/mol. The van der Waals surface area contributed by atoms with Gasteiger partial charge in [-0.05, 0) is 50.5 Å². The molecule has 3 rings (SSSR count). The van der Waals surface area contributed by atoms with Crippen LogP contribution in [0.4, 0.5) is 4.39 Å². The Hall–Kier alpha value is -1.88. The van der Waals surface area contributed by atoms with Crippen LogP contribution in [-0.2, 0) is 13.6 Å². The van der Waals surface area contributed by atoms with Gasteiger partial charge in [-0.25, -0.2) is 9.07 Å². The Bertz CT molecular complexity index is 662. The summed E-state index contributed by atoms with van der Waals surface area (Å²) in [5, 5.41) is 7.90. The van der Waals surface area contributed by atoms with Crippen molar-refractivity contribution in [3.63, 3.8) is 0 Å². The molecule has 0 bridgehead atoms. The van der Waals surface area contributed by atoms with Crippen LogP contribution in [-0.4, -0.2) is 15.8 Å². The maximum absolute atomic E-state index is 13.3. The standard InChI is InChI=1S/C16H20FN3O/c1-10-8-13(6-7-15(10)17)21-16-14(9-18-12-4-5-12)11(2)19-20(16)3/h6-8,12,18H,4-5,9H2,1-3H3. The summed E-state index contributed by atoms with van der Waals surface area (Å²) in [6.45, 7) is 4.46. The maximum Gasteiger partial charge on any atom is 0.222 e. The molecule has 0 radical (unpaired) electrons. The molecule has 1 aliphatic rings. The summed E-state index contributed by atoms with van der Waals surface area (Å²) < 4.78 is 21.0. The molecule has 112 valence electrons. The van der Waals surface area contributed by atoms with Gasteiger partial charge in [0, 0.05) is 19.6 Å². The highest BCUT2D eigenvalue weighted by Crippen LogP contribution is 2.29. The van der Waals surface area contributed by atoms with E-state index in [9.17, 15) is 4.39 Å². The Morgan fingerprint density at radius 2 is 2.14 bits per heavy atom.